The molecule has 0 bridgehead atoms. The molecule has 34 heavy (non-hydrogen) atoms. The first-order valence-corrected chi connectivity index (χ1v) is 15.0. The van der Waals surface area contributed by atoms with Gasteiger partial charge < -0.3 is 9.30 Å². The number of rotatable bonds is 9. The highest BCUT2D eigenvalue weighted by Gasteiger charge is 2.18. The van der Waals surface area contributed by atoms with Crippen molar-refractivity contribution in [2.24, 2.45) is 0 Å². The number of aromatic nitrogens is 5. The van der Waals surface area contributed by atoms with Crippen LogP contribution in [0.15, 0.2) is 55.2 Å². The van der Waals surface area contributed by atoms with Gasteiger partial charge in [-0.2, -0.15) is 10.4 Å². The Labute approximate surface area is 201 Å². The number of hydrogen-bond acceptors (Lipinski definition) is 5. The van der Waals surface area contributed by atoms with Gasteiger partial charge in [0, 0.05) is 44.4 Å². The highest BCUT2D eigenvalue weighted by molar-refractivity contribution is 6.76. The zero-order chi connectivity index (χ0) is 24.1. The second-order valence-electron chi connectivity index (χ2n) is 9.46. The minimum absolute atomic E-state index is 0.172. The smallest absolute Gasteiger partial charge is 0.145 e. The number of ether oxygens (including phenoxy) is 1. The number of nitriles is 1. The Morgan fingerprint density at radius 3 is 2.82 bits per heavy atom. The van der Waals surface area contributed by atoms with Crippen LogP contribution in [0.25, 0.3) is 22.3 Å². The molecular formula is C26H28N6OSi. The van der Waals surface area contributed by atoms with Gasteiger partial charge in [0.05, 0.1) is 29.6 Å². The van der Waals surface area contributed by atoms with Gasteiger partial charge >= 0.3 is 0 Å². The van der Waals surface area contributed by atoms with E-state index in [1.807, 2.05) is 45.9 Å². The molecule has 1 aromatic carbocycles. The molecule has 0 radical (unpaired) electrons. The molecule has 7 nitrogen and oxygen atoms in total. The average molecular weight is 469 g/mol. The maximum absolute atomic E-state index is 9.27. The van der Waals surface area contributed by atoms with E-state index < -0.39 is 8.07 Å². The van der Waals surface area contributed by atoms with Crippen LogP contribution in [0.5, 0.6) is 0 Å². The first-order valence-electron chi connectivity index (χ1n) is 11.3. The van der Waals surface area contributed by atoms with Gasteiger partial charge in [0.25, 0.3) is 0 Å². The van der Waals surface area contributed by atoms with E-state index in [0.29, 0.717) is 18.7 Å². The molecule has 8 heteroatoms. The lowest BCUT2D eigenvalue weighted by Gasteiger charge is -2.16. The minimum atomic E-state index is -1.13. The lowest BCUT2D eigenvalue weighted by atomic mass is 10.0. The van der Waals surface area contributed by atoms with Gasteiger partial charge in [-0.1, -0.05) is 31.8 Å². The second kappa shape index (κ2) is 10.0. The molecule has 0 aliphatic heterocycles. The Hall–Kier alpha value is -3.72. The third-order valence-corrected chi connectivity index (χ3v) is 7.39. The molecule has 4 aromatic rings. The summed E-state index contributed by atoms with van der Waals surface area (Å²) in [6, 6.07) is 12.6. The second-order valence-corrected chi connectivity index (χ2v) is 15.1. The van der Waals surface area contributed by atoms with E-state index in [-0.39, 0.29) is 6.04 Å². The van der Waals surface area contributed by atoms with Crippen LogP contribution in [0.4, 0.5) is 0 Å². The third kappa shape index (κ3) is 5.25. The van der Waals surface area contributed by atoms with Crippen LogP contribution < -0.4 is 0 Å². The fourth-order valence-electron chi connectivity index (χ4n) is 3.80. The first-order chi connectivity index (χ1) is 16.4. The quantitative estimate of drug-likeness (QED) is 0.194. The number of hydrogen-bond donors (Lipinski definition) is 0. The van der Waals surface area contributed by atoms with Gasteiger partial charge in [-0.3, -0.25) is 4.68 Å². The molecule has 1 unspecified atom stereocenters. The summed E-state index contributed by atoms with van der Waals surface area (Å²) in [5, 5.41) is 14.8. The van der Waals surface area contributed by atoms with Gasteiger partial charge in [-0.05, 0) is 29.8 Å². The molecule has 172 valence electrons. The van der Waals surface area contributed by atoms with E-state index in [4.69, 9.17) is 11.2 Å². The SMILES string of the molecule is C#CCC(c1cccc(C#N)c1)n1cc(-c2ncnc3c2ccn3COCC[Si](C)(C)C)cn1. The summed E-state index contributed by atoms with van der Waals surface area (Å²) in [4.78, 5) is 9.03. The normalized spacial score (nSPS) is 12.4. The monoisotopic (exact) mass is 468 g/mol. The van der Waals surface area contributed by atoms with Gasteiger partial charge in [0.2, 0.25) is 0 Å². The molecule has 0 aliphatic rings. The topological polar surface area (TPSA) is 81.5 Å². The van der Waals surface area contributed by atoms with E-state index in [1.165, 1.54) is 0 Å². The van der Waals surface area contributed by atoms with Crippen molar-refractivity contribution in [2.75, 3.05) is 6.61 Å². The summed E-state index contributed by atoms with van der Waals surface area (Å²) in [5.74, 6) is 2.73. The van der Waals surface area contributed by atoms with E-state index in [9.17, 15) is 5.26 Å². The molecule has 0 spiro atoms. The Kier molecular flexibility index (Phi) is 6.92. The van der Waals surface area contributed by atoms with Gasteiger partial charge in [0.15, 0.2) is 0 Å². The highest BCUT2D eigenvalue weighted by Crippen LogP contribution is 2.29. The summed E-state index contributed by atoms with van der Waals surface area (Å²) in [6.45, 7) is 8.24. The van der Waals surface area contributed by atoms with Gasteiger partial charge in [0.1, 0.15) is 18.7 Å². The largest absolute Gasteiger partial charge is 0.361 e. The maximum atomic E-state index is 9.27. The van der Waals surface area contributed by atoms with E-state index in [1.54, 1.807) is 18.6 Å². The number of nitrogens with zero attached hydrogens (tertiary/aromatic N) is 6. The van der Waals surface area contributed by atoms with E-state index in [2.05, 4.69) is 46.7 Å². The van der Waals surface area contributed by atoms with Crippen molar-refractivity contribution in [3.8, 4) is 29.7 Å². The fraction of sp³-hybridized carbons (Fsp3) is 0.308. The van der Waals surface area contributed by atoms with Gasteiger partial charge in [-0.15, -0.1) is 12.3 Å². The Bertz CT molecular complexity index is 1370. The predicted octanol–water partition coefficient (Wildman–Crippen LogP) is 5.09. The molecular weight excluding hydrogens is 440 g/mol. The van der Waals surface area contributed by atoms with Crippen molar-refractivity contribution in [1.29, 1.82) is 5.26 Å². The summed E-state index contributed by atoms with van der Waals surface area (Å²) in [7, 11) is -1.13. The highest BCUT2D eigenvalue weighted by atomic mass is 28.3. The molecule has 0 aliphatic carbocycles. The number of fused-ring (bicyclic) bond motifs is 1. The summed E-state index contributed by atoms with van der Waals surface area (Å²) < 4.78 is 9.76. The molecule has 0 fully saturated rings. The number of benzene rings is 1. The van der Waals surface area contributed by atoms with Crippen molar-refractivity contribution in [3.63, 3.8) is 0 Å². The molecule has 0 saturated carbocycles. The van der Waals surface area contributed by atoms with Crippen molar-refractivity contribution < 1.29 is 4.74 Å². The molecule has 0 amide bonds. The first kappa shape index (κ1) is 23.4. The lowest BCUT2D eigenvalue weighted by Crippen LogP contribution is -2.22. The van der Waals surface area contributed by atoms with Crippen LogP contribution in [0.1, 0.15) is 23.6 Å². The van der Waals surface area contributed by atoms with E-state index >= 15 is 0 Å². The molecule has 0 N–H and O–H groups in total. The van der Waals surface area contributed by atoms with E-state index in [0.717, 1.165) is 40.5 Å². The Balaban J connectivity index is 1.59. The summed E-state index contributed by atoms with van der Waals surface area (Å²) in [6.07, 6.45) is 13.4. The van der Waals surface area contributed by atoms with Crippen LogP contribution in [-0.2, 0) is 11.5 Å². The lowest BCUT2D eigenvalue weighted by molar-refractivity contribution is 0.0899. The fourth-order valence-corrected chi connectivity index (χ4v) is 4.56. The van der Waals surface area contributed by atoms with Crippen LogP contribution in [0.2, 0.25) is 25.7 Å². The predicted molar refractivity (Wildman–Crippen MR) is 136 cm³/mol. The number of terminal acetylenes is 1. The maximum Gasteiger partial charge on any atom is 0.145 e. The van der Waals surface area contributed by atoms with Crippen molar-refractivity contribution in [2.45, 2.75) is 44.9 Å². The van der Waals surface area contributed by atoms with Crippen LogP contribution in [0.3, 0.4) is 0 Å². The Morgan fingerprint density at radius 2 is 2.06 bits per heavy atom. The molecule has 3 aromatic heterocycles. The van der Waals surface area contributed by atoms with Crippen LogP contribution in [0, 0.1) is 23.7 Å². The summed E-state index contributed by atoms with van der Waals surface area (Å²) in [5.41, 5.74) is 4.05. The van der Waals surface area contributed by atoms with Crippen LogP contribution in [-0.4, -0.2) is 39.0 Å². The molecule has 1 atom stereocenters. The minimum Gasteiger partial charge on any atom is -0.361 e. The average Bonchev–Trinajstić information content (AvgIpc) is 3.47. The van der Waals surface area contributed by atoms with Crippen molar-refractivity contribution >= 4 is 19.1 Å². The van der Waals surface area contributed by atoms with Gasteiger partial charge in [-0.25, -0.2) is 9.97 Å². The third-order valence-electron chi connectivity index (χ3n) is 5.69. The van der Waals surface area contributed by atoms with Crippen molar-refractivity contribution in [1.82, 2.24) is 24.3 Å². The zero-order valence-electron chi connectivity index (χ0n) is 19.8. The Morgan fingerprint density at radius 1 is 1.21 bits per heavy atom. The zero-order valence-corrected chi connectivity index (χ0v) is 20.8. The molecule has 3 heterocycles. The van der Waals surface area contributed by atoms with Crippen LogP contribution >= 0.6 is 0 Å². The molecule has 4 rings (SSSR count). The standard InChI is InChI=1S/C26H28N6OSi/c1-5-7-24(21-9-6-8-20(14-21)15-27)32-17-22(16-30-32)25-23-10-11-31(26(23)29-18-28-25)19-33-12-13-34(2,3)4/h1,6,8-11,14,16-18,24H,7,12-13,19H2,2-4H3. The summed E-state index contributed by atoms with van der Waals surface area (Å²) >= 11 is 0. The molecule has 0 saturated heterocycles. The van der Waals surface area contributed by atoms with Crippen molar-refractivity contribution in [3.05, 3.63) is 66.4 Å².